The van der Waals surface area contributed by atoms with Gasteiger partial charge in [-0.1, -0.05) is 29.8 Å². The fourth-order valence-corrected chi connectivity index (χ4v) is 2.95. The molecule has 0 aliphatic rings. The first-order valence-electron chi connectivity index (χ1n) is 5.87. The minimum absolute atomic E-state index is 0.590. The summed E-state index contributed by atoms with van der Waals surface area (Å²) in [6.45, 7) is 6.55. The molecule has 1 rings (SSSR count). The Labute approximate surface area is 107 Å². The highest BCUT2D eigenvalue weighted by Crippen LogP contribution is 2.27. The SMILES string of the molecule is CCC(CC)N(C)c1c(CBr)c(C)nn1C. The van der Waals surface area contributed by atoms with Gasteiger partial charge in [0.05, 0.1) is 5.69 Å². The molecule has 0 unspecified atom stereocenters. The van der Waals surface area contributed by atoms with Crippen LogP contribution in [0, 0.1) is 6.92 Å². The second kappa shape index (κ2) is 5.71. The number of aromatic nitrogens is 2. The molecule has 0 radical (unpaired) electrons. The molecule has 0 amide bonds. The van der Waals surface area contributed by atoms with Crippen LogP contribution in [-0.4, -0.2) is 22.9 Å². The van der Waals surface area contributed by atoms with Crippen molar-refractivity contribution in [1.82, 2.24) is 9.78 Å². The normalized spacial score (nSPS) is 11.2. The smallest absolute Gasteiger partial charge is 0.130 e. The highest BCUT2D eigenvalue weighted by Gasteiger charge is 2.20. The van der Waals surface area contributed by atoms with Crippen molar-refractivity contribution in [3.05, 3.63) is 11.3 Å². The third kappa shape index (κ3) is 2.42. The zero-order valence-electron chi connectivity index (χ0n) is 10.9. The molecule has 0 aliphatic heterocycles. The van der Waals surface area contributed by atoms with Crippen molar-refractivity contribution < 1.29 is 0 Å². The molecule has 1 aromatic heterocycles. The molecule has 16 heavy (non-hydrogen) atoms. The van der Waals surface area contributed by atoms with E-state index in [9.17, 15) is 0 Å². The lowest BCUT2D eigenvalue weighted by atomic mass is 10.1. The van der Waals surface area contributed by atoms with Crippen molar-refractivity contribution in [3.63, 3.8) is 0 Å². The van der Waals surface area contributed by atoms with Gasteiger partial charge < -0.3 is 4.90 Å². The quantitative estimate of drug-likeness (QED) is 0.776. The van der Waals surface area contributed by atoms with Gasteiger partial charge in [0, 0.05) is 31.0 Å². The molecule has 1 aromatic rings. The van der Waals surface area contributed by atoms with E-state index in [2.05, 4.69) is 53.7 Å². The van der Waals surface area contributed by atoms with Gasteiger partial charge in [-0.3, -0.25) is 4.68 Å². The molecule has 0 aliphatic carbocycles. The van der Waals surface area contributed by atoms with Crippen molar-refractivity contribution in [1.29, 1.82) is 0 Å². The number of anilines is 1. The van der Waals surface area contributed by atoms with E-state index >= 15 is 0 Å². The first-order valence-corrected chi connectivity index (χ1v) is 7.00. The Morgan fingerprint density at radius 3 is 2.38 bits per heavy atom. The predicted octanol–water partition coefficient (Wildman–Crippen LogP) is 3.25. The predicted molar refractivity (Wildman–Crippen MR) is 73.3 cm³/mol. The van der Waals surface area contributed by atoms with E-state index < -0.39 is 0 Å². The maximum Gasteiger partial charge on any atom is 0.130 e. The third-order valence-electron chi connectivity index (χ3n) is 3.27. The van der Waals surface area contributed by atoms with E-state index in [1.165, 1.54) is 24.2 Å². The number of rotatable bonds is 5. The second-order valence-electron chi connectivity index (χ2n) is 4.23. The van der Waals surface area contributed by atoms with E-state index in [1.807, 2.05) is 11.7 Å². The number of alkyl halides is 1. The van der Waals surface area contributed by atoms with Crippen LogP contribution < -0.4 is 4.90 Å². The van der Waals surface area contributed by atoms with Gasteiger partial charge in [-0.15, -0.1) is 0 Å². The van der Waals surface area contributed by atoms with E-state index in [-0.39, 0.29) is 0 Å². The van der Waals surface area contributed by atoms with Crippen LogP contribution in [-0.2, 0) is 12.4 Å². The largest absolute Gasteiger partial charge is 0.357 e. The van der Waals surface area contributed by atoms with Crippen molar-refractivity contribution in [2.24, 2.45) is 7.05 Å². The zero-order chi connectivity index (χ0) is 12.3. The van der Waals surface area contributed by atoms with Crippen LogP contribution in [0.1, 0.15) is 37.9 Å². The molecule has 0 fully saturated rings. The molecule has 0 atom stereocenters. The fraction of sp³-hybridized carbons (Fsp3) is 0.750. The van der Waals surface area contributed by atoms with Gasteiger partial charge in [0.1, 0.15) is 5.82 Å². The summed E-state index contributed by atoms with van der Waals surface area (Å²) in [6, 6.07) is 0.590. The molecule has 0 saturated carbocycles. The maximum atomic E-state index is 4.50. The summed E-state index contributed by atoms with van der Waals surface area (Å²) >= 11 is 3.55. The number of hydrogen-bond donors (Lipinski definition) is 0. The number of nitrogens with zero attached hydrogens (tertiary/aromatic N) is 3. The summed E-state index contributed by atoms with van der Waals surface area (Å²) in [5.41, 5.74) is 2.42. The Kier molecular flexibility index (Phi) is 4.84. The molecule has 0 saturated heterocycles. The van der Waals surface area contributed by atoms with Crippen molar-refractivity contribution >= 4 is 21.7 Å². The number of aryl methyl sites for hydroxylation is 2. The van der Waals surface area contributed by atoms with Crippen LogP contribution in [0.5, 0.6) is 0 Å². The Morgan fingerprint density at radius 1 is 1.38 bits per heavy atom. The average molecular weight is 288 g/mol. The van der Waals surface area contributed by atoms with Crippen molar-refractivity contribution in [3.8, 4) is 0 Å². The van der Waals surface area contributed by atoms with Crippen LogP contribution in [0.15, 0.2) is 0 Å². The van der Waals surface area contributed by atoms with Crippen LogP contribution >= 0.6 is 15.9 Å². The van der Waals surface area contributed by atoms with Crippen molar-refractivity contribution in [2.45, 2.75) is 45.0 Å². The highest BCUT2D eigenvalue weighted by atomic mass is 79.9. The molecular weight excluding hydrogens is 266 g/mol. The first kappa shape index (κ1) is 13.6. The standard InChI is InChI=1S/C12H22BrN3/c1-6-10(7-2)15(4)12-11(8-13)9(3)14-16(12)5/h10H,6-8H2,1-5H3. The Bertz CT molecular complexity index is 342. The summed E-state index contributed by atoms with van der Waals surface area (Å²) in [4.78, 5) is 2.36. The van der Waals surface area contributed by atoms with Gasteiger partial charge in [0.15, 0.2) is 0 Å². The monoisotopic (exact) mass is 287 g/mol. The minimum atomic E-state index is 0.590. The lowest BCUT2D eigenvalue weighted by Gasteiger charge is -2.29. The van der Waals surface area contributed by atoms with E-state index in [0.29, 0.717) is 6.04 Å². The average Bonchev–Trinajstić information content (AvgIpc) is 2.54. The van der Waals surface area contributed by atoms with Gasteiger partial charge in [-0.05, 0) is 19.8 Å². The van der Waals surface area contributed by atoms with Gasteiger partial charge in [0.2, 0.25) is 0 Å². The summed E-state index contributed by atoms with van der Waals surface area (Å²) < 4.78 is 1.99. The highest BCUT2D eigenvalue weighted by molar-refractivity contribution is 9.08. The summed E-state index contributed by atoms with van der Waals surface area (Å²) in [5.74, 6) is 1.24. The lowest BCUT2D eigenvalue weighted by Crippen LogP contribution is -2.32. The van der Waals surface area contributed by atoms with E-state index in [4.69, 9.17) is 0 Å². The molecule has 3 nitrogen and oxygen atoms in total. The van der Waals surface area contributed by atoms with Crippen LogP contribution in [0.2, 0.25) is 0 Å². The van der Waals surface area contributed by atoms with E-state index in [0.717, 1.165) is 11.0 Å². The molecule has 4 heteroatoms. The van der Waals surface area contributed by atoms with Crippen LogP contribution in [0.3, 0.4) is 0 Å². The summed E-state index contributed by atoms with van der Waals surface area (Å²) in [5, 5.41) is 5.37. The Hall–Kier alpha value is -0.510. The van der Waals surface area contributed by atoms with Crippen LogP contribution in [0.4, 0.5) is 5.82 Å². The lowest BCUT2D eigenvalue weighted by molar-refractivity contribution is 0.571. The molecule has 0 N–H and O–H groups in total. The molecule has 92 valence electrons. The topological polar surface area (TPSA) is 21.1 Å². The molecule has 0 aromatic carbocycles. The van der Waals surface area contributed by atoms with Crippen LogP contribution in [0.25, 0.3) is 0 Å². The molecule has 0 bridgehead atoms. The maximum absolute atomic E-state index is 4.50. The van der Waals surface area contributed by atoms with Gasteiger partial charge in [0.25, 0.3) is 0 Å². The Balaban J connectivity index is 3.11. The second-order valence-corrected chi connectivity index (χ2v) is 4.79. The van der Waals surface area contributed by atoms with Gasteiger partial charge in [-0.2, -0.15) is 5.10 Å². The molecular formula is C12H22BrN3. The zero-order valence-corrected chi connectivity index (χ0v) is 12.5. The summed E-state index contributed by atoms with van der Waals surface area (Å²) in [7, 11) is 4.19. The van der Waals surface area contributed by atoms with Gasteiger partial charge in [-0.25, -0.2) is 0 Å². The van der Waals surface area contributed by atoms with Crippen molar-refractivity contribution in [2.75, 3.05) is 11.9 Å². The molecule has 1 heterocycles. The minimum Gasteiger partial charge on any atom is -0.357 e. The summed E-state index contributed by atoms with van der Waals surface area (Å²) in [6.07, 6.45) is 2.33. The van der Waals surface area contributed by atoms with Gasteiger partial charge >= 0.3 is 0 Å². The first-order chi connectivity index (χ1) is 7.56. The number of halogens is 1. The fourth-order valence-electron chi connectivity index (χ4n) is 2.30. The third-order valence-corrected chi connectivity index (χ3v) is 3.83. The van der Waals surface area contributed by atoms with E-state index in [1.54, 1.807) is 0 Å². The number of hydrogen-bond acceptors (Lipinski definition) is 2. The Morgan fingerprint density at radius 2 is 1.94 bits per heavy atom. The molecule has 0 spiro atoms.